The van der Waals surface area contributed by atoms with Gasteiger partial charge in [-0.1, -0.05) is 86.8 Å². The van der Waals surface area contributed by atoms with E-state index >= 15 is 0 Å². The monoisotopic (exact) mass is 805 g/mol. The molecule has 0 saturated carbocycles. The smallest absolute Gasteiger partial charge is 0.508 e. The van der Waals surface area contributed by atoms with Crippen molar-refractivity contribution >= 4 is 12.1 Å². The number of aryl methyl sites for hydroxylation is 1. The molecule has 1 aromatic heterocycles. The number of hydrogen-bond acceptors (Lipinski definition) is 10. The number of carbonyl (C=O) groups is 2. The van der Waals surface area contributed by atoms with Crippen LogP contribution in [0.2, 0.25) is 0 Å². The molecule has 2 unspecified atom stereocenters. The number of amides is 1. The summed E-state index contributed by atoms with van der Waals surface area (Å²) < 4.78 is 23.6. The maximum atomic E-state index is 14.1. The number of aromatic hydroxyl groups is 2. The van der Waals surface area contributed by atoms with Crippen molar-refractivity contribution in [3.63, 3.8) is 0 Å². The number of ether oxygens (including phenoxy) is 3. The molecule has 1 fully saturated rings. The summed E-state index contributed by atoms with van der Waals surface area (Å²) in [5.41, 5.74) is 6.60. The van der Waals surface area contributed by atoms with E-state index in [9.17, 15) is 19.8 Å². The Balaban J connectivity index is 1.41. The SMILES string of the molecule is C=C(C)C1CCC(C)=CC1c1c(O)cc(CCCCC)cc1OC(=O)Oc1cc(O)c(C(C)C)cc1-c1onc(C(=O)NCC)c1-c1ccc(CN2CCOCC2)cc1. The van der Waals surface area contributed by atoms with Crippen molar-refractivity contribution in [3.8, 4) is 45.4 Å². The third kappa shape index (κ3) is 10.3. The van der Waals surface area contributed by atoms with Gasteiger partial charge in [0.15, 0.2) is 11.5 Å². The number of aromatic nitrogens is 1. The molecular formula is C48H59N3O8. The summed E-state index contributed by atoms with van der Waals surface area (Å²) in [5, 5.41) is 29.9. The molecule has 6 rings (SSSR count). The quantitative estimate of drug-likeness (QED) is 0.0460. The van der Waals surface area contributed by atoms with E-state index in [1.807, 2.05) is 58.0 Å². The predicted octanol–water partition coefficient (Wildman–Crippen LogP) is 10.5. The van der Waals surface area contributed by atoms with E-state index in [0.29, 0.717) is 54.0 Å². The molecule has 11 nitrogen and oxygen atoms in total. The molecule has 1 amide bonds. The average molecular weight is 806 g/mol. The number of hydrogen-bond donors (Lipinski definition) is 3. The molecule has 2 atom stereocenters. The van der Waals surface area contributed by atoms with Crippen molar-refractivity contribution < 1.29 is 38.5 Å². The molecule has 1 aliphatic carbocycles. The summed E-state index contributed by atoms with van der Waals surface area (Å²) in [5.74, 6) is -0.523. The number of phenols is 2. The first-order valence-electron chi connectivity index (χ1n) is 21.0. The van der Waals surface area contributed by atoms with Gasteiger partial charge in [-0.3, -0.25) is 9.69 Å². The molecule has 3 aromatic carbocycles. The van der Waals surface area contributed by atoms with Crippen molar-refractivity contribution in [2.45, 2.75) is 98.4 Å². The van der Waals surface area contributed by atoms with Crippen molar-refractivity contribution in [2.24, 2.45) is 5.92 Å². The molecule has 0 bridgehead atoms. The minimum absolute atomic E-state index is 0.0263. The van der Waals surface area contributed by atoms with Gasteiger partial charge in [0, 0.05) is 43.7 Å². The maximum absolute atomic E-state index is 14.1. The fraction of sp³-hybridized carbons (Fsp3) is 0.438. The third-order valence-electron chi connectivity index (χ3n) is 11.3. The first-order chi connectivity index (χ1) is 28.4. The molecule has 0 spiro atoms. The molecule has 1 aliphatic heterocycles. The molecule has 1 saturated heterocycles. The molecule has 3 N–H and O–H groups in total. The van der Waals surface area contributed by atoms with Gasteiger partial charge in [0.1, 0.15) is 23.0 Å². The standard InChI is InChI=1S/C48H59N3O8/c1-8-10-11-12-33-24-40(53)44(37-23-31(7)13-18-35(37)29(3)4)42(25-33)58-48(55)57-41-27-39(52)36(30(5)6)26-38(41)46-43(45(50-59-46)47(54)49-9-2)34-16-14-32(15-17-34)28-51-19-21-56-22-20-51/h14-17,23-27,30,35,37,52-53H,3,8-13,18-22,28H2,1-2,4-7H3,(H,49,54). The second-order valence-electron chi connectivity index (χ2n) is 16.2. The number of phenolic OH excluding ortho intramolecular Hbond substituents is 2. The molecule has 4 aromatic rings. The first-order valence-corrected chi connectivity index (χ1v) is 21.0. The van der Waals surface area contributed by atoms with Gasteiger partial charge in [-0.2, -0.15) is 0 Å². The number of allylic oxidation sites excluding steroid dienone is 3. The summed E-state index contributed by atoms with van der Waals surface area (Å²) in [4.78, 5) is 29.9. The lowest BCUT2D eigenvalue weighted by atomic mass is 9.73. The summed E-state index contributed by atoms with van der Waals surface area (Å²) in [7, 11) is 0. The van der Waals surface area contributed by atoms with Crippen LogP contribution in [0.3, 0.4) is 0 Å². The van der Waals surface area contributed by atoms with E-state index in [4.69, 9.17) is 18.7 Å². The Morgan fingerprint density at radius 1 is 0.983 bits per heavy atom. The highest BCUT2D eigenvalue weighted by Crippen LogP contribution is 2.48. The zero-order valence-corrected chi connectivity index (χ0v) is 35.4. The van der Waals surface area contributed by atoms with Crippen molar-refractivity contribution in [3.05, 3.63) is 100 Å². The van der Waals surface area contributed by atoms with E-state index < -0.39 is 12.1 Å². The molecule has 2 heterocycles. The van der Waals surface area contributed by atoms with E-state index in [2.05, 4.69) is 41.9 Å². The molecule has 0 radical (unpaired) electrons. The van der Waals surface area contributed by atoms with Crippen molar-refractivity contribution in [2.75, 3.05) is 32.8 Å². The van der Waals surface area contributed by atoms with E-state index in [-0.39, 0.29) is 52.2 Å². The summed E-state index contributed by atoms with van der Waals surface area (Å²) in [6, 6.07) is 14.5. The zero-order valence-electron chi connectivity index (χ0n) is 35.4. The van der Waals surface area contributed by atoms with E-state index in [0.717, 1.165) is 68.4 Å². The first kappa shape index (κ1) is 43.2. The van der Waals surface area contributed by atoms with Crippen LogP contribution in [0.25, 0.3) is 22.5 Å². The van der Waals surface area contributed by atoms with Crippen LogP contribution in [0.4, 0.5) is 4.79 Å². The minimum Gasteiger partial charge on any atom is -0.508 e. The van der Waals surface area contributed by atoms with Crippen LogP contribution >= 0.6 is 0 Å². The zero-order chi connectivity index (χ0) is 42.2. The van der Waals surface area contributed by atoms with Crippen LogP contribution in [0.1, 0.15) is 118 Å². The van der Waals surface area contributed by atoms with Gasteiger partial charge < -0.3 is 34.3 Å². The molecule has 11 heteroatoms. The fourth-order valence-electron chi connectivity index (χ4n) is 8.16. The number of benzene rings is 3. The number of rotatable bonds is 15. The molecule has 59 heavy (non-hydrogen) atoms. The van der Waals surface area contributed by atoms with Crippen molar-refractivity contribution in [1.82, 2.24) is 15.4 Å². The van der Waals surface area contributed by atoms with Gasteiger partial charge in [-0.15, -0.1) is 0 Å². The number of carbonyl (C=O) groups excluding carboxylic acids is 2. The Kier molecular flexibility index (Phi) is 14.3. The Morgan fingerprint density at radius 2 is 1.71 bits per heavy atom. The highest BCUT2D eigenvalue weighted by Gasteiger charge is 2.33. The summed E-state index contributed by atoms with van der Waals surface area (Å²) in [6.07, 6.45) is 6.47. The van der Waals surface area contributed by atoms with Crippen LogP contribution in [0.15, 0.2) is 76.9 Å². The maximum Gasteiger partial charge on any atom is 0.519 e. The Labute approximate surface area is 348 Å². The number of nitrogens with one attached hydrogen (secondary N) is 1. The second-order valence-corrected chi connectivity index (χ2v) is 16.2. The van der Waals surface area contributed by atoms with Gasteiger partial charge in [-0.25, -0.2) is 4.79 Å². The summed E-state index contributed by atoms with van der Waals surface area (Å²) >= 11 is 0. The van der Waals surface area contributed by atoms with Crippen LogP contribution in [-0.2, 0) is 17.7 Å². The Morgan fingerprint density at radius 3 is 2.39 bits per heavy atom. The van der Waals surface area contributed by atoms with E-state index in [1.165, 1.54) is 11.6 Å². The topological polar surface area (TPSA) is 144 Å². The van der Waals surface area contributed by atoms with Gasteiger partial charge in [-0.05, 0) is 98.7 Å². The van der Waals surface area contributed by atoms with Gasteiger partial charge >= 0.3 is 6.16 Å². The largest absolute Gasteiger partial charge is 0.519 e. The second kappa shape index (κ2) is 19.6. The Hall–Kier alpha value is -5.39. The predicted molar refractivity (Wildman–Crippen MR) is 229 cm³/mol. The van der Waals surface area contributed by atoms with E-state index in [1.54, 1.807) is 12.1 Å². The molecular weight excluding hydrogens is 747 g/mol. The number of unbranched alkanes of at least 4 members (excludes halogenated alkanes) is 2. The van der Waals surface area contributed by atoms with Crippen LogP contribution in [0, 0.1) is 5.92 Å². The minimum atomic E-state index is -1.07. The average Bonchev–Trinajstić information content (AvgIpc) is 3.64. The normalized spacial score (nSPS) is 17.1. The van der Waals surface area contributed by atoms with Crippen LogP contribution in [-0.4, -0.2) is 65.2 Å². The lowest BCUT2D eigenvalue weighted by molar-refractivity contribution is 0.0342. The molecule has 314 valence electrons. The number of nitrogens with zero attached hydrogens (tertiary/aromatic N) is 2. The van der Waals surface area contributed by atoms with Crippen LogP contribution < -0.4 is 14.8 Å². The lowest BCUT2D eigenvalue weighted by Crippen LogP contribution is -2.35. The Bertz CT molecular complexity index is 2160. The van der Waals surface area contributed by atoms with Gasteiger partial charge in [0.05, 0.1) is 24.3 Å². The lowest BCUT2D eigenvalue weighted by Gasteiger charge is -2.32. The molecule has 2 aliphatic rings. The van der Waals surface area contributed by atoms with Crippen molar-refractivity contribution in [1.29, 1.82) is 0 Å². The van der Waals surface area contributed by atoms with Gasteiger partial charge in [0.2, 0.25) is 0 Å². The number of morpholine rings is 1. The highest BCUT2D eigenvalue weighted by atomic mass is 16.7. The summed E-state index contributed by atoms with van der Waals surface area (Å²) in [6.45, 7) is 20.4. The fourth-order valence-corrected chi connectivity index (χ4v) is 8.16. The van der Waals surface area contributed by atoms with Gasteiger partial charge in [0.25, 0.3) is 5.91 Å². The highest BCUT2D eigenvalue weighted by molar-refractivity contribution is 6.02. The van der Waals surface area contributed by atoms with Crippen LogP contribution in [0.5, 0.6) is 23.0 Å². The third-order valence-corrected chi connectivity index (χ3v) is 11.3.